The molecule has 0 aromatic carbocycles. The zero-order valence-electron chi connectivity index (χ0n) is 5.07. The molecule has 0 fully saturated rings. The minimum Gasteiger partial charge on any atom is -0.324 e. The van der Waals surface area contributed by atoms with E-state index in [1.54, 1.807) is 0 Å². The third kappa shape index (κ3) is 1.74. The highest BCUT2D eigenvalue weighted by molar-refractivity contribution is 9.10. The number of rotatable bonds is 1. The molecule has 0 spiro atoms. The van der Waals surface area contributed by atoms with Crippen LogP contribution >= 0.6 is 15.9 Å². The highest BCUT2D eigenvalue weighted by Crippen LogP contribution is 2.15. The molecule has 3 N–H and O–H groups in total. The van der Waals surface area contributed by atoms with Crippen molar-refractivity contribution >= 4 is 15.9 Å². The van der Waals surface area contributed by atoms with Crippen molar-refractivity contribution in [2.24, 2.45) is 0 Å². The van der Waals surface area contributed by atoms with Crippen molar-refractivity contribution in [3.63, 3.8) is 0 Å². The first kappa shape index (κ1) is 8.60. The van der Waals surface area contributed by atoms with Gasteiger partial charge in [-0.05, 0) is 15.9 Å². The lowest BCUT2D eigenvalue weighted by Gasteiger charge is -2.13. The van der Waals surface area contributed by atoms with Gasteiger partial charge in [0.15, 0.2) is 0 Å². The molecule has 7 heteroatoms. The largest absolute Gasteiger partial charge is 0.390 e. The van der Waals surface area contributed by atoms with E-state index in [0.29, 0.717) is 0 Å². The molecule has 0 atom stereocenters. The molecule has 0 saturated carbocycles. The van der Waals surface area contributed by atoms with Gasteiger partial charge in [-0.1, -0.05) is 0 Å². The maximum absolute atomic E-state index is 12.2. The Hall–Kier alpha value is -0.500. The quantitative estimate of drug-likeness (QED) is 0.556. The van der Waals surface area contributed by atoms with Gasteiger partial charge in [0.05, 0.1) is 0 Å². The van der Waals surface area contributed by atoms with Crippen molar-refractivity contribution in [1.29, 1.82) is 0 Å². The molecule has 11 heavy (non-hydrogen) atoms. The Kier molecular flexibility index (Phi) is 1.97. The minimum atomic E-state index is -3.18. The van der Waals surface area contributed by atoms with Crippen molar-refractivity contribution < 1.29 is 19.7 Å². The molecule has 0 saturated heterocycles. The van der Waals surface area contributed by atoms with Gasteiger partial charge in [0.2, 0.25) is 5.95 Å². The second-order valence-electron chi connectivity index (χ2n) is 1.80. The fourth-order valence-corrected chi connectivity index (χ4v) is 1.05. The van der Waals surface area contributed by atoms with Crippen LogP contribution in [-0.4, -0.2) is 25.1 Å². The molecule has 0 amide bonds. The summed E-state index contributed by atoms with van der Waals surface area (Å²) in [5.41, 5.74) is 0. The van der Waals surface area contributed by atoms with Gasteiger partial charge in [-0.15, -0.1) is 5.10 Å². The minimum absolute atomic E-state index is 0.0810. The summed E-state index contributed by atoms with van der Waals surface area (Å²) in [6.45, 7) is 0. The molecule has 0 unspecified atom stereocenters. The summed E-state index contributed by atoms with van der Waals surface area (Å²) in [5.74, 6) is -0.932. The zero-order chi connectivity index (χ0) is 8.65. The van der Waals surface area contributed by atoms with Gasteiger partial charge in [0.25, 0.3) is 0 Å². The molecule has 0 aliphatic carbocycles. The van der Waals surface area contributed by atoms with Crippen LogP contribution in [0, 0.1) is 5.95 Å². The first-order chi connectivity index (χ1) is 4.91. The Morgan fingerprint density at radius 3 is 2.27 bits per heavy atom. The summed E-state index contributed by atoms with van der Waals surface area (Å²) < 4.78 is 12.4. The first-order valence-corrected chi connectivity index (χ1v) is 3.29. The van der Waals surface area contributed by atoms with Crippen LogP contribution in [0.4, 0.5) is 4.39 Å². The van der Waals surface area contributed by atoms with Gasteiger partial charge >= 0.3 is 6.10 Å². The van der Waals surface area contributed by atoms with Crippen LogP contribution in [0.1, 0.15) is 0 Å². The van der Waals surface area contributed by atoms with Gasteiger partial charge in [-0.25, -0.2) is 0 Å². The van der Waals surface area contributed by atoms with Gasteiger partial charge in [-0.3, -0.25) is 0 Å². The number of hydrogen-bond donors (Lipinski definition) is 3. The van der Waals surface area contributed by atoms with Crippen molar-refractivity contribution in [1.82, 2.24) is 9.78 Å². The highest BCUT2D eigenvalue weighted by atomic mass is 79.9. The first-order valence-electron chi connectivity index (χ1n) is 2.50. The van der Waals surface area contributed by atoms with Crippen LogP contribution in [0.15, 0.2) is 10.7 Å². The Morgan fingerprint density at radius 2 is 2.09 bits per heavy atom. The average Bonchev–Trinajstić information content (AvgIpc) is 2.08. The normalized spacial score (nSPS) is 12.1. The summed E-state index contributed by atoms with van der Waals surface area (Å²) in [5, 5.41) is 28.4. The van der Waals surface area contributed by atoms with E-state index in [4.69, 9.17) is 15.3 Å². The Balaban J connectivity index is 3.13. The number of aliphatic hydroxyl groups is 3. The van der Waals surface area contributed by atoms with Crippen molar-refractivity contribution in [3.05, 3.63) is 16.6 Å². The second kappa shape index (κ2) is 2.52. The molecule has 0 aliphatic heterocycles. The molecule has 1 rings (SSSR count). The zero-order valence-corrected chi connectivity index (χ0v) is 6.66. The highest BCUT2D eigenvalue weighted by Gasteiger charge is 2.25. The van der Waals surface area contributed by atoms with Crippen LogP contribution in [0.5, 0.6) is 0 Å². The number of nitrogens with zero attached hydrogens (tertiary/aromatic N) is 2. The SMILES string of the molecule is OC(O)(O)n1nc(F)cc1Br. The van der Waals surface area contributed by atoms with E-state index >= 15 is 0 Å². The third-order valence-electron chi connectivity index (χ3n) is 0.920. The fraction of sp³-hybridized carbons (Fsp3) is 0.250. The van der Waals surface area contributed by atoms with Crippen LogP contribution in [0.3, 0.4) is 0 Å². The van der Waals surface area contributed by atoms with E-state index in [9.17, 15) is 4.39 Å². The molecule has 1 heterocycles. The van der Waals surface area contributed by atoms with Gasteiger partial charge in [0.1, 0.15) is 4.60 Å². The van der Waals surface area contributed by atoms with Crippen molar-refractivity contribution in [2.45, 2.75) is 6.10 Å². The average molecular weight is 227 g/mol. The van der Waals surface area contributed by atoms with Crippen molar-refractivity contribution in [3.8, 4) is 0 Å². The van der Waals surface area contributed by atoms with E-state index in [0.717, 1.165) is 6.07 Å². The lowest BCUT2D eigenvalue weighted by molar-refractivity contribution is -0.382. The lowest BCUT2D eigenvalue weighted by Crippen LogP contribution is -2.33. The van der Waals surface area contributed by atoms with E-state index in [1.165, 1.54) is 0 Å². The summed E-state index contributed by atoms with van der Waals surface area (Å²) in [4.78, 5) is 0. The van der Waals surface area contributed by atoms with Crippen molar-refractivity contribution in [2.75, 3.05) is 0 Å². The smallest absolute Gasteiger partial charge is 0.324 e. The number of aromatic nitrogens is 2. The standard InChI is InChI=1S/C4H4BrFN2O3/c5-2-1-3(6)7-8(2)4(9,10)11/h1,9-11H. The summed E-state index contributed by atoms with van der Waals surface area (Å²) in [7, 11) is 0. The molecule has 62 valence electrons. The summed E-state index contributed by atoms with van der Waals surface area (Å²) >= 11 is 2.73. The second-order valence-corrected chi connectivity index (χ2v) is 2.61. The lowest BCUT2D eigenvalue weighted by atomic mass is 10.7. The molecule has 1 aromatic heterocycles. The predicted molar refractivity (Wildman–Crippen MR) is 34.5 cm³/mol. The predicted octanol–water partition coefficient (Wildman–Crippen LogP) is -0.671. The maximum atomic E-state index is 12.2. The Morgan fingerprint density at radius 1 is 1.55 bits per heavy atom. The molecule has 0 bridgehead atoms. The van der Waals surface area contributed by atoms with Crippen LogP contribution in [0.2, 0.25) is 0 Å². The van der Waals surface area contributed by atoms with E-state index in [-0.39, 0.29) is 9.28 Å². The van der Waals surface area contributed by atoms with Gasteiger partial charge in [0, 0.05) is 6.07 Å². The number of halogens is 2. The third-order valence-corrected chi connectivity index (χ3v) is 1.49. The van der Waals surface area contributed by atoms with Crippen LogP contribution in [0.25, 0.3) is 0 Å². The molecule has 1 aromatic rings. The fourth-order valence-electron chi connectivity index (χ4n) is 0.542. The summed E-state index contributed by atoms with van der Waals surface area (Å²) in [6, 6.07) is 0.872. The molecule has 0 aliphatic rings. The maximum Gasteiger partial charge on any atom is 0.390 e. The Bertz CT molecular complexity index is 269. The van der Waals surface area contributed by atoms with E-state index in [1.807, 2.05) is 0 Å². The Labute approximate surface area is 68.8 Å². The monoisotopic (exact) mass is 226 g/mol. The van der Waals surface area contributed by atoms with Gasteiger partial charge in [-0.2, -0.15) is 9.07 Å². The molecular formula is C4H4BrFN2O3. The van der Waals surface area contributed by atoms with Gasteiger partial charge < -0.3 is 15.3 Å². The molecule has 0 radical (unpaired) electrons. The molecular weight excluding hydrogens is 223 g/mol. The topological polar surface area (TPSA) is 78.5 Å². The van der Waals surface area contributed by atoms with E-state index < -0.39 is 12.0 Å². The van der Waals surface area contributed by atoms with E-state index in [2.05, 4.69) is 21.0 Å². The molecule has 5 nitrogen and oxygen atoms in total. The van der Waals surface area contributed by atoms with Crippen LogP contribution < -0.4 is 0 Å². The summed E-state index contributed by atoms with van der Waals surface area (Å²) in [6.07, 6.45) is -3.18. The van der Waals surface area contributed by atoms with Crippen LogP contribution in [-0.2, 0) is 6.10 Å². The number of hydrogen-bond acceptors (Lipinski definition) is 4.